The Labute approximate surface area is 82.8 Å². The molecule has 0 saturated carbocycles. The highest BCUT2D eigenvalue weighted by Gasteiger charge is 2.38. The molecule has 3 nitrogen and oxygen atoms in total. The molecule has 0 rings (SSSR count). The van der Waals surface area contributed by atoms with E-state index in [9.17, 15) is 0 Å². The average molecular weight is 206 g/mol. The highest BCUT2D eigenvalue weighted by atomic mass is 28.4. The van der Waals surface area contributed by atoms with E-state index in [0.717, 1.165) is 12.5 Å². The zero-order chi connectivity index (χ0) is 10.5. The van der Waals surface area contributed by atoms with Crippen molar-refractivity contribution in [2.24, 2.45) is 5.41 Å². The van der Waals surface area contributed by atoms with Gasteiger partial charge in [0, 0.05) is 27.4 Å². The third-order valence-electron chi connectivity index (χ3n) is 2.11. The van der Waals surface area contributed by atoms with E-state index in [1.54, 1.807) is 21.3 Å². The van der Waals surface area contributed by atoms with E-state index in [0.29, 0.717) is 5.41 Å². The summed E-state index contributed by atoms with van der Waals surface area (Å²) in [5.41, 5.74) is 0.299. The van der Waals surface area contributed by atoms with Gasteiger partial charge < -0.3 is 13.3 Å². The van der Waals surface area contributed by atoms with Crippen molar-refractivity contribution in [2.45, 2.75) is 33.2 Å². The van der Waals surface area contributed by atoms with Crippen LogP contribution in [0.3, 0.4) is 0 Å². The van der Waals surface area contributed by atoms with Crippen LogP contribution in [-0.2, 0) is 13.3 Å². The fraction of sp³-hybridized carbons (Fsp3) is 1.00. The molecular formula is C9H22O3Si. The van der Waals surface area contributed by atoms with E-state index in [2.05, 4.69) is 20.8 Å². The lowest BCUT2D eigenvalue weighted by molar-refractivity contribution is 0.119. The molecule has 13 heavy (non-hydrogen) atoms. The minimum atomic E-state index is -2.33. The Balaban J connectivity index is 4.11. The van der Waals surface area contributed by atoms with Gasteiger partial charge in [0.05, 0.1) is 0 Å². The monoisotopic (exact) mass is 206 g/mol. The molecule has 0 bridgehead atoms. The molecule has 4 heteroatoms. The Hall–Kier alpha value is 0.0969. The molecule has 0 N–H and O–H groups in total. The van der Waals surface area contributed by atoms with Crippen molar-refractivity contribution < 1.29 is 13.3 Å². The first kappa shape index (κ1) is 13.1. The predicted molar refractivity (Wildman–Crippen MR) is 55.7 cm³/mol. The molecule has 0 amide bonds. The summed E-state index contributed by atoms with van der Waals surface area (Å²) in [6.45, 7) is 6.60. The van der Waals surface area contributed by atoms with Crippen molar-refractivity contribution >= 4 is 8.80 Å². The maximum atomic E-state index is 5.33. The molecular weight excluding hydrogens is 184 g/mol. The molecule has 0 heterocycles. The smallest absolute Gasteiger partial charge is 0.377 e. The number of hydrogen-bond donors (Lipinski definition) is 0. The largest absolute Gasteiger partial charge is 0.500 e. The summed E-state index contributed by atoms with van der Waals surface area (Å²) in [6.07, 6.45) is 1.05. The molecule has 0 aromatic rings. The molecule has 0 spiro atoms. The molecule has 0 saturated heterocycles. The third kappa shape index (κ3) is 4.76. The van der Waals surface area contributed by atoms with Crippen LogP contribution < -0.4 is 0 Å². The standard InChI is InChI=1S/C9H22O3Si/c1-9(2,3)7-8-13(10-4,11-5)12-6/h7-8H2,1-6H3. The zero-order valence-corrected chi connectivity index (χ0v) is 10.6. The van der Waals surface area contributed by atoms with E-state index in [-0.39, 0.29) is 0 Å². The minimum absolute atomic E-state index is 0.299. The normalized spacial score (nSPS) is 13.4. The summed E-state index contributed by atoms with van der Waals surface area (Å²) in [5.74, 6) is 0. The molecule has 0 unspecified atom stereocenters. The van der Waals surface area contributed by atoms with Crippen molar-refractivity contribution in [2.75, 3.05) is 21.3 Å². The molecule has 0 fully saturated rings. The molecule has 0 aliphatic carbocycles. The van der Waals surface area contributed by atoms with Gasteiger partial charge in [-0.05, 0) is 11.8 Å². The summed E-state index contributed by atoms with van der Waals surface area (Å²) in [5, 5.41) is 0. The maximum Gasteiger partial charge on any atom is 0.500 e. The van der Waals surface area contributed by atoms with Gasteiger partial charge >= 0.3 is 8.80 Å². The van der Waals surface area contributed by atoms with Crippen LogP contribution in [0.4, 0.5) is 0 Å². The van der Waals surface area contributed by atoms with Gasteiger partial charge in [0.25, 0.3) is 0 Å². The summed E-state index contributed by atoms with van der Waals surface area (Å²) in [7, 11) is 2.64. The van der Waals surface area contributed by atoms with Crippen molar-refractivity contribution in [1.29, 1.82) is 0 Å². The average Bonchev–Trinajstić information content (AvgIpc) is 2.06. The maximum absolute atomic E-state index is 5.33. The Morgan fingerprint density at radius 1 is 0.923 bits per heavy atom. The van der Waals surface area contributed by atoms with Gasteiger partial charge in [0.2, 0.25) is 0 Å². The number of hydrogen-bond acceptors (Lipinski definition) is 3. The first-order chi connectivity index (χ1) is 5.89. The van der Waals surface area contributed by atoms with Gasteiger partial charge in [-0.15, -0.1) is 0 Å². The van der Waals surface area contributed by atoms with Gasteiger partial charge in [-0.3, -0.25) is 0 Å². The van der Waals surface area contributed by atoms with Gasteiger partial charge in [-0.2, -0.15) is 0 Å². The molecule has 0 atom stereocenters. The predicted octanol–water partition coefficient (Wildman–Crippen LogP) is 2.30. The van der Waals surface area contributed by atoms with Crippen LogP contribution in [0.25, 0.3) is 0 Å². The highest BCUT2D eigenvalue weighted by molar-refractivity contribution is 6.60. The Morgan fingerprint density at radius 2 is 1.31 bits per heavy atom. The van der Waals surface area contributed by atoms with Crippen LogP contribution in [0, 0.1) is 5.41 Å². The lowest BCUT2D eigenvalue weighted by Gasteiger charge is -2.27. The molecule has 0 radical (unpaired) electrons. The van der Waals surface area contributed by atoms with Crippen molar-refractivity contribution in [1.82, 2.24) is 0 Å². The van der Waals surface area contributed by atoms with Crippen LogP contribution in [0.1, 0.15) is 27.2 Å². The van der Waals surface area contributed by atoms with Crippen LogP contribution in [-0.4, -0.2) is 30.1 Å². The summed E-state index contributed by atoms with van der Waals surface area (Å²) in [6, 6.07) is 0.875. The second-order valence-corrected chi connectivity index (χ2v) is 7.45. The Bertz CT molecular complexity index is 130. The Morgan fingerprint density at radius 3 is 1.54 bits per heavy atom. The molecule has 0 aliphatic heterocycles. The molecule has 0 aliphatic rings. The van der Waals surface area contributed by atoms with Gasteiger partial charge in [0.1, 0.15) is 0 Å². The van der Waals surface area contributed by atoms with E-state index in [1.807, 2.05) is 0 Å². The zero-order valence-electron chi connectivity index (χ0n) is 9.64. The first-order valence-electron chi connectivity index (χ1n) is 4.54. The van der Waals surface area contributed by atoms with Gasteiger partial charge in [-0.1, -0.05) is 20.8 Å². The van der Waals surface area contributed by atoms with E-state index < -0.39 is 8.80 Å². The van der Waals surface area contributed by atoms with E-state index >= 15 is 0 Å². The summed E-state index contributed by atoms with van der Waals surface area (Å²) < 4.78 is 16.0. The van der Waals surface area contributed by atoms with Crippen molar-refractivity contribution in [3.05, 3.63) is 0 Å². The Kier molecular flexibility index (Phi) is 5.13. The lowest BCUT2D eigenvalue weighted by atomic mass is 9.94. The third-order valence-corrected chi connectivity index (χ3v) is 4.84. The second kappa shape index (κ2) is 5.10. The quantitative estimate of drug-likeness (QED) is 0.646. The van der Waals surface area contributed by atoms with Crippen LogP contribution >= 0.6 is 0 Å². The van der Waals surface area contributed by atoms with E-state index in [1.165, 1.54) is 0 Å². The summed E-state index contributed by atoms with van der Waals surface area (Å²) >= 11 is 0. The van der Waals surface area contributed by atoms with Crippen molar-refractivity contribution in [3.8, 4) is 0 Å². The fourth-order valence-electron chi connectivity index (χ4n) is 1.08. The lowest BCUT2D eigenvalue weighted by Crippen LogP contribution is -2.43. The second-order valence-electron chi connectivity index (χ2n) is 4.36. The van der Waals surface area contributed by atoms with Crippen LogP contribution in [0.2, 0.25) is 6.04 Å². The first-order valence-corrected chi connectivity index (χ1v) is 6.48. The highest BCUT2D eigenvalue weighted by Crippen LogP contribution is 2.26. The molecule has 80 valence electrons. The van der Waals surface area contributed by atoms with Crippen LogP contribution in [0.15, 0.2) is 0 Å². The van der Waals surface area contributed by atoms with Gasteiger partial charge in [0.15, 0.2) is 0 Å². The minimum Gasteiger partial charge on any atom is -0.377 e. The van der Waals surface area contributed by atoms with E-state index in [4.69, 9.17) is 13.3 Å². The van der Waals surface area contributed by atoms with Crippen LogP contribution in [0.5, 0.6) is 0 Å². The number of rotatable bonds is 5. The molecule has 0 aromatic carbocycles. The fourth-order valence-corrected chi connectivity index (χ4v) is 3.25. The molecule has 0 aromatic heterocycles. The SMILES string of the molecule is CO[Si](CCC(C)(C)C)(OC)OC. The van der Waals surface area contributed by atoms with Crippen molar-refractivity contribution in [3.63, 3.8) is 0 Å². The summed E-state index contributed by atoms with van der Waals surface area (Å²) in [4.78, 5) is 0. The topological polar surface area (TPSA) is 27.7 Å². The van der Waals surface area contributed by atoms with Gasteiger partial charge in [-0.25, -0.2) is 0 Å².